The molecule has 0 fully saturated rings. The minimum absolute atomic E-state index is 0.0189. The maximum Gasteiger partial charge on any atom is 0.265 e. The van der Waals surface area contributed by atoms with Crippen LogP contribution in [0, 0.1) is 0 Å². The van der Waals surface area contributed by atoms with Gasteiger partial charge < -0.3 is 16.2 Å². The van der Waals surface area contributed by atoms with Crippen LogP contribution in [0.5, 0.6) is 5.75 Å². The lowest BCUT2D eigenvalue weighted by molar-refractivity contribution is -0.114. The Kier molecular flexibility index (Phi) is 4.36. The molecule has 2 aromatic rings. The average molecular weight is 282 g/mol. The molecule has 0 aliphatic heterocycles. The van der Waals surface area contributed by atoms with Gasteiger partial charge in [0.15, 0.2) is 0 Å². The summed E-state index contributed by atoms with van der Waals surface area (Å²) in [4.78, 5) is 23.4. The predicted molar refractivity (Wildman–Crippen MR) is 79.2 cm³/mol. The fourth-order valence-corrected chi connectivity index (χ4v) is 1.69. The number of carbonyl (C=O) groups excluding carboxylic acids is 2. The standard InChI is InChI=1S/C16H14N2O3/c17-15(20)14(10-11-6-8-13(19)9-7-11)18-16(21)12-4-2-1-3-5-12/h1-10,19H,(H2,17,20)(H,18,21). The van der Waals surface area contributed by atoms with Gasteiger partial charge in [-0.1, -0.05) is 30.3 Å². The number of phenolic OH excluding ortho intramolecular Hbond substituents is 1. The Morgan fingerprint density at radius 2 is 1.62 bits per heavy atom. The first kappa shape index (κ1) is 14.3. The van der Waals surface area contributed by atoms with E-state index in [0.29, 0.717) is 11.1 Å². The molecule has 0 atom stereocenters. The molecule has 2 rings (SSSR count). The van der Waals surface area contributed by atoms with E-state index in [1.54, 1.807) is 42.5 Å². The van der Waals surface area contributed by atoms with Crippen molar-refractivity contribution in [3.05, 3.63) is 71.4 Å². The van der Waals surface area contributed by atoms with Crippen LogP contribution in [-0.4, -0.2) is 16.9 Å². The zero-order valence-electron chi connectivity index (χ0n) is 11.1. The Hall–Kier alpha value is -3.08. The number of nitrogens with one attached hydrogen (secondary N) is 1. The van der Waals surface area contributed by atoms with Crippen molar-refractivity contribution in [2.45, 2.75) is 0 Å². The second-order valence-corrected chi connectivity index (χ2v) is 4.33. The predicted octanol–water partition coefficient (Wildman–Crippen LogP) is 1.65. The van der Waals surface area contributed by atoms with Crippen LogP contribution in [0.4, 0.5) is 0 Å². The van der Waals surface area contributed by atoms with Gasteiger partial charge in [-0.05, 0) is 35.9 Å². The van der Waals surface area contributed by atoms with E-state index in [-0.39, 0.29) is 11.4 Å². The first-order valence-electron chi connectivity index (χ1n) is 6.23. The number of hydrogen-bond donors (Lipinski definition) is 3. The van der Waals surface area contributed by atoms with Crippen LogP contribution in [0.15, 0.2) is 60.3 Å². The number of hydrogen-bond acceptors (Lipinski definition) is 3. The molecule has 0 aromatic heterocycles. The summed E-state index contributed by atoms with van der Waals surface area (Å²) >= 11 is 0. The summed E-state index contributed by atoms with van der Waals surface area (Å²) in [7, 11) is 0. The topological polar surface area (TPSA) is 92.4 Å². The third kappa shape index (κ3) is 3.94. The lowest BCUT2D eigenvalue weighted by atomic mass is 10.1. The summed E-state index contributed by atoms with van der Waals surface area (Å²) in [5.41, 5.74) is 6.31. The Labute approximate surface area is 121 Å². The number of benzene rings is 2. The number of amides is 2. The summed E-state index contributed by atoms with van der Waals surface area (Å²) in [6.45, 7) is 0. The molecule has 106 valence electrons. The Balaban J connectivity index is 2.22. The molecule has 2 aromatic carbocycles. The molecule has 5 heteroatoms. The van der Waals surface area contributed by atoms with E-state index in [9.17, 15) is 14.7 Å². The Bertz CT molecular complexity index is 676. The van der Waals surface area contributed by atoms with Crippen molar-refractivity contribution in [1.29, 1.82) is 0 Å². The van der Waals surface area contributed by atoms with Gasteiger partial charge in [-0.15, -0.1) is 0 Å². The molecule has 2 amide bonds. The summed E-state index contributed by atoms with van der Waals surface area (Å²) in [5.74, 6) is -1.05. The van der Waals surface area contributed by atoms with E-state index in [0.717, 1.165) is 0 Å². The molecule has 0 aliphatic carbocycles. The van der Waals surface area contributed by atoms with Crippen LogP contribution in [0.1, 0.15) is 15.9 Å². The highest BCUT2D eigenvalue weighted by Crippen LogP contribution is 2.12. The van der Waals surface area contributed by atoms with Gasteiger partial charge in [-0.2, -0.15) is 0 Å². The van der Waals surface area contributed by atoms with Crippen LogP contribution in [0.2, 0.25) is 0 Å². The average Bonchev–Trinajstić information content (AvgIpc) is 2.49. The van der Waals surface area contributed by atoms with Gasteiger partial charge in [0.25, 0.3) is 11.8 Å². The summed E-state index contributed by atoms with van der Waals surface area (Å²) in [5, 5.41) is 11.7. The van der Waals surface area contributed by atoms with Crippen molar-refractivity contribution in [1.82, 2.24) is 5.32 Å². The van der Waals surface area contributed by atoms with Crippen molar-refractivity contribution in [3.8, 4) is 5.75 Å². The number of aromatic hydroxyl groups is 1. The van der Waals surface area contributed by atoms with Crippen LogP contribution in [0.25, 0.3) is 6.08 Å². The summed E-state index contributed by atoms with van der Waals surface area (Å²) < 4.78 is 0. The Morgan fingerprint density at radius 3 is 2.19 bits per heavy atom. The molecule has 0 radical (unpaired) electrons. The van der Waals surface area contributed by atoms with E-state index in [1.165, 1.54) is 18.2 Å². The molecule has 0 heterocycles. The van der Waals surface area contributed by atoms with Crippen molar-refractivity contribution >= 4 is 17.9 Å². The molecule has 0 spiro atoms. The molecule has 0 saturated carbocycles. The highest BCUT2D eigenvalue weighted by atomic mass is 16.3. The molecule has 0 bridgehead atoms. The monoisotopic (exact) mass is 282 g/mol. The van der Waals surface area contributed by atoms with Crippen LogP contribution >= 0.6 is 0 Å². The number of carbonyl (C=O) groups is 2. The molecule has 0 aliphatic rings. The smallest absolute Gasteiger partial charge is 0.265 e. The molecular formula is C16H14N2O3. The van der Waals surface area contributed by atoms with Gasteiger partial charge in [-0.3, -0.25) is 9.59 Å². The van der Waals surface area contributed by atoms with Gasteiger partial charge in [0, 0.05) is 5.56 Å². The van der Waals surface area contributed by atoms with Crippen LogP contribution in [-0.2, 0) is 4.79 Å². The van der Waals surface area contributed by atoms with E-state index >= 15 is 0 Å². The lowest BCUT2D eigenvalue weighted by Gasteiger charge is -2.07. The van der Waals surface area contributed by atoms with Gasteiger partial charge in [0.2, 0.25) is 0 Å². The fraction of sp³-hybridized carbons (Fsp3) is 0. The van der Waals surface area contributed by atoms with Crippen LogP contribution < -0.4 is 11.1 Å². The highest BCUT2D eigenvalue weighted by molar-refractivity contribution is 6.04. The summed E-state index contributed by atoms with van der Waals surface area (Å²) in [6, 6.07) is 14.7. The summed E-state index contributed by atoms with van der Waals surface area (Å²) in [6.07, 6.45) is 1.45. The molecule has 21 heavy (non-hydrogen) atoms. The molecule has 0 unspecified atom stereocenters. The molecule has 0 saturated heterocycles. The number of rotatable bonds is 4. The normalized spacial score (nSPS) is 11.0. The van der Waals surface area contributed by atoms with Crippen molar-refractivity contribution in [3.63, 3.8) is 0 Å². The third-order valence-corrected chi connectivity index (χ3v) is 2.75. The van der Waals surface area contributed by atoms with Gasteiger partial charge >= 0.3 is 0 Å². The zero-order chi connectivity index (χ0) is 15.2. The SMILES string of the molecule is NC(=O)C(=Cc1ccc(O)cc1)NC(=O)c1ccccc1. The van der Waals surface area contributed by atoms with Gasteiger partial charge in [-0.25, -0.2) is 0 Å². The Morgan fingerprint density at radius 1 is 1.00 bits per heavy atom. The van der Waals surface area contributed by atoms with Crippen molar-refractivity contribution in [2.75, 3.05) is 0 Å². The van der Waals surface area contributed by atoms with E-state index in [2.05, 4.69) is 5.32 Å². The van der Waals surface area contributed by atoms with Crippen molar-refractivity contribution in [2.24, 2.45) is 5.73 Å². The minimum atomic E-state index is -0.743. The first-order valence-corrected chi connectivity index (χ1v) is 6.23. The number of phenols is 1. The zero-order valence-corrected chi connectivity index (χ0v) is 11.1. The van der Waals surface area contributed by atoms with Gasteiger partial charge in [0.05, 0.1) is 0 Å². The largest absolute Gasteiger partial charge is 0.508 e. The number of nitrogens with two attached hydrogens (primary N) is 1. The number of primary amides is 1. The fourth-order valence-electron chi connectivity index (χ4n) is 1.69. The van der Waals surface area contributed by atoms with Crippen LogP contribution in [0.3, 0.4) is 0 Å². The van der Waals surface area contributed by atoms with E-state index in [1.807, 2.05) is 0 Å². The molecule has 4 N–H and O–H groups in total. The van der Waals surface area contributed by atoms with Crippen molar-refractivity contribution < 1.29 is 14.7 Å². The lowest BCUT2D eigenvalue weighted by Crippen LogP contribution is -2.31. The first-order chi connectivity index (χ1) is 10.1. The molecule has 5 nitrogen and oxygen atoms in total. The maximum absolute atomic E-state index is 12.0. The molecular weight excluding hydrogens is 268 g/mol. The van der Waals surface area contributed by atoms with E-state index in [4.69, 9.17) is 5.73 Å². The highest BCUT2D eigenvalue weighted by Gasteiger charge is 2.11. The second-order valence-electron chi connectivity index (χ2n) is 4.33. The minimum Gasteiger partial charge on any atom is -0.508 e. The quantitative estimate of drug-likeness (QED) is 0.744. The maximum atomic E-state index is 12.0. The second kappa shape index (κ2) is 6.38. The van der Waals surface area contributed by atoms with E-state index < -0.39 is 11.8 Å². The van der Waals surface area contributed by atoms with Gasteiger partial charge in [0.1, 0.15) is 11.4 Å². The third-order valence-electron chi connectivity index (χ3n) is 2.75.